The van der Waals surface area contributed by atoms with Gasteiger partial charge in [0.15, 0.2) is 0 Å². The standard InChI is InChI=1S/C10H15N3O2/c11-7-3-4-9(8(12)6-7)13-5-1-2-10(14)15/h3-4,6,13H,1-2,5,11-12H2,(H,14,15). The minimum atomic E-state index is -0.790. The molecule has 0 aliphatic carbocycles. The summed E-state index contributed by atoms with van der Waals surface area (Å²) < 4.78 is 0. The summed E-state index contributed by atoms with van der Waals surface area (Å²) in [5.41, 5.74) is 13.2. The molecule has 0 aliphatic heterocycles. The molecule has 15 heavy (non-hydrogen) atoms. The lowest BCUT2D eigenvalue weighted by atomic mass is 10.2. The van der Waals surface area contributed by atoms with E-state index in [9.17, 15) is 4.79 Å². The van der Waals surface area contributed by atoms with E-state index in [1.54, 1.807) is 18.2 Å². The second-order valence-corrected chi connectivity index (χ2v) is 3.27. The third kappa shape index (κ3) is 3.76. The fourth-order valence-corrected chi connectivity index (χ4v) is 1.20. The zero-order chi connectivity index (χ0) is 11.3. The largest absolute Gasteiger partial charge is 0.481 e. The molecule has 0 amide bonds. The molecule has 1 aromatic carbocycles. The Labute approximate surface area is 88.1 Å². The summed E-state index contributed by atoms with van der Waals surface area (Å²) >= 11 is 0. The van der Waals surface area contributed by atoms with Crippen molar-refractivity contribution >= 4 is 23.0 Å². The summed E-state index contributed by atoms with van der Waals surface area (Å²) in [5.74, 6) is -0.790. The monoisotopic (exact) mass is 209 g/mol. The predicted molar refractivity (Wildman–Crippen MR) is 60.6 cm³/mol. The summed E-state index contributed by atoms with van der Waals surface area (Å²) in [5, 5.41) is 11.5. The lowest BCUT2D eigenvalue weighted by molar-refractivity contribution is -0.137. The topological polar surface area (TPSA) is 101 Å². The van der Waals surface area contributed by atoms with Crippen LogP contribution in [0.2, 0.25) is 0 Å². The van der Waals surface area contributed by atoms with E-state index in [-0.39, 0.29) is 6.42 Å². The molecule has 0 saturated heterocycles. The molecule has 0 bridgehead atoms. The summed E-state index contributed by atoms with van der Waals surface area (Å²) in [4.78, 5) is 10.3. The number of carboxylic acid groups (broad SMARTS) is 1. The van der Waals surface area contributed by atoms with Crippen molar-refractivity contribution in [1.29, 1.82) is 0 Å². The highest BCUT2D eigenvalue weighted by molar-refractivity contribution is 5.70. The normalized spacial score (nSPS) is 9.87. The second kappa shape index (κ2) is 5.09. The number of hydrogen-bond donors (Lipinski definition) is 4. The summed E-state index contributed by atoms with van der Waals surface area (Å²) in [6.45, 7) is 0.584. The van der Waals surface area contributed by atoms with Gasteiger partial charge in [0.1, 0.15) is 0 Å². The molecule has 0 atom stereocenters. The number of nitrogens with one attached hydrogen (secondary N) is 1. The van der Waals surface area contributed by atoms with Gasteiger partial charge < -0.3 is 21.9 Å². The van der Waals surface area contributed by atoms with Crippen molar-refractivity contribution in [2.45, 2.75) is 12.8 Å². The number of aliphatic carboxylic acids is 1. The van der Waals surface area contributed by atoms with Crippen LogP contribution in [-0.2, 0) is 4.79 Å². The molecule has 1 rings (SSSR count). The van der Waals surface area contributed by atoms with E-state index in [0.29, 0.717) is 24.3 Å². The summed E-state index contributed by atoms with van der Waals surface area (Å²) in [6, 6.07) is 5.20. The highest BCUT2D eigenvalue weighted by Gasteiger charge is 1.99. The van der Waals surface area contributed by atoms with Crippen LogP contribution >= 0.6 is 0 Å². The Hall–Kier alpha value is -1.91. The quantitative estimate of drug-likeness (QED) is 0.430. The van der Waals surface area contributed by atoms with Crippen molar-refractivity contribution in [2.75, 3.05) is 23.3 Å². The van der Waals surface area contributed by atoms with Gasteiger partial charge in [-0.25, -0.2) is 0 Å². The number of nitrogens with two attached hydrogens (primary N) is 2. The number of hydrogen-bond acceptors (Lipinski definition) is 4. The van der Waals surface area contributed by atoms with Gasteiger partial charge in [-0.15, -0.1) is 0 Å². The molecule has 5 nitrogen and oxygen atoms in total. The molecular formula is C10H15N3O2. The molecule has 0 radical (unpaired) electrons. The van der Waals surface area contributed by atoms with Crippen molar-refractivity contribution in [3.63, 3.8) is 0 Å². The Balaban J connectivity index is 2.40. The maximum atomic E-state index is 10.3. The molecule has 5 heteroatoms. The third-order valence-electron chi connectivity index (χ3n) is 1.96. The molecule has 0 aliphatic rings. The first-order valence-corrected chi connectivity index (χ1v) is 4.70. The van der Waals surface area contributed by atoms with Crippen LogP contribution in [0.1, 0.15) is 12.8 Å². The molecule has 6 N–H and O–H groups in total. The number of rotatable bonds is 5. The number of benzene rings is 1. The predicted octanol–water partition coefficient (Wildman–Crippen LogP) is 1.13. The van der Waals surface area contributed by atoms with Gasteiger partial charge in [0.2, 0.25) is 0 Å². The number of carboxylic acids is 1. The van der Waals surface area contributed by atoms with Crippen LogP contribution in [-0.4, -0.2) is 17.6 Å². The first-order chi connectivity index (χ1) is 7.09. The average molecular weight is 209 g/mol. The van der Waals surface area contributed by atoms with Crippen molar-refractivity contribution in [3.8, 4) is 0 Å². The highest BCUT2D eigenvalue weighted by atomic mass is 16.4. The Morgan fingerprint density at radius 2 is 2.13 bits per heavy atom. The minimum absolute atomic E-state index is 0.155. The first kappa shape index (κ1) is 11.2. The van der Waals surface area contributed by atoms with Gasteiger partial charge in [0.25, 0.3) is 0 Å². The number of nitrogen functional groups attached to an aromatic ring is 2. The summed E-state index contributed by atoms with van der Waals surface area (Å²) in [6.07, 6.45) is 0.723. The molecular weight excluding hydrogens is 194 g/mol. The Morgan fingerprint density at radius 1 is 1.40 bits per heavy atom. The van der Waals surface area contributed by atoms with Gasteiger partial charge in [-0.3, -0.25) is 4.79 Å². The van der Waals surface area contributed by atoms with Crippen LogP contribution in [0.4, 0.5) is 17.1 Å². The number of carbonyl (C=O) groups is 1. The van der Waals surface area contributed by atoms with Gasteiger partial charge in [-0.05, 0) is 24.6 Å². The molecule has 0 aromatic heterocycles. The van der Waals surface area contributed by atoms with Crippen molar-refractivity contribution in [2.24, 2.45) is 0 Å². The van der Waals surface area contributed by atoms with Gasteiger partial charge in [-0.2, -0.15) is 0 Å². The molecule has 0 unspecified atom stereocenters. The minimum Gasteiger partial charge on any atom is -0.481 e. The third-order valence-corrected chi connectivity index (χ3v) is 1.96. The Morgan fingerprint density at radius 3 is 2.73 bits per heavy atom. The van der Waals surface area contributed by atoms with Crippen LogP contribution < -0.4 is 16.8 Å². The van der Waals surface area contributed by atoms with E-state index < -0.39 is 5.97 Å². The van der Waals surface area contributed by atoms with Crippen molar-refractivity contribution in [3.05, 3.63) is 18.2 Å². The summed E-state index contributed by atoms with van der Waals surface area (Å²) in [7, 11) is 0. The zero-order valence-corrected chi connectivity index (χ0v) is 8.36. The van der Waals surface area contributed by atoms with Crippen molar-refractivity contribution in [1.82, 2.24) is 0 Å². The molecule has 0 saturated carbocycles. The van der Waals surface area contributed by atoms with Crippen LogP contribution in [0.5, 0.6) is 0 Å². The molecule has 0 fully saturated rings. The van der Waals surface area contributed by atoms with E-state index in [4.69, 9.17) is 16.6 Å². The fraction of sp³-hybridized carbons (Fsp3) is 0.300. The van der Waals surface area contributed by atoms with Gasteiger partial charge in [-0.1, -0.05) is 0 Å². The molecule has 1 aromatic rings. The number of anilines is 3. The van der Waals surface area contributed by atoms with Gasteiger partial charge in [0.05, 0.1) is 11.4 Å². The zero-order valence-electron chi connectivity index (χ0n) is 8.36. The van der Waals surface area contributed by atoms with E-state index in [0.717, 1.165) is 5.69 Å². The maximum absolute atomic E-state index is 10.3. The van der Waals surface area contributed by atoms with Crippen LogP contribution in [0.3, 0.4) is 0 Å². The SMILES string of the molecule is Nc1ccc(NCCCC(=O)O)c(N)c1. The van der Waals surface area contributed by atoms with E-state index in [1.807, 2.05) is 0 Å². The molecule has 82 valence electrons. The lowest BCUT2D eigenvalue weighted by Crippen LogP contribution is -2.06. The molecule has 0 heterocycles. The highest BCUT2D eigenvalue weighted by Crippen LogP contribution is 2.20. The molecule has 0 spiro atoms. The first-order valence-electron chi connectivity index (χ1n) is 4.70. The van der Waals surface area contributed by atoms with E-state index in [1.165, 1.54) is 0 Å². The maximum Gasteiger partial charge on any atom is 0.303 e. The van der Waals surface area contributed by atoms with E-state index in [2.05, 4.69) is 5.32 Å². The fourth-order valence-electron chi connectivity index (χ4n) is 1.20. The van der Waals surface area contributed by atoms with Crippen LogP contribution in [0, 0.1) is 0 Å². The Bertz CT molecular complexity index is 353. The van der Waals surface area contributed by atoms with Crippen LogP contribution in [0.15, 0.2) is 18.2 Å². The second-order valence-electron chi connectivity index (χ2n) is 3.27. The van der Waals surface area contributed by atoms with Gasteiger partial charge in [0, 0.05) is 18.7 Å². The van der Waals surface area contributed by atoms with Gasteiger partial charge >= 0.3 is 5.97 Å². The van der Waals surface area contributed by atoms with Crippen molar-refractivity contribution < 1.29 is 9.90 Å². The lowest BCUT2D eigenvalue weighted by Gasteiger charge is -2.08. The smallest absolute Gasteiger partial charge is 0.303 e. The average Bonchev–Trinajstić information content (AvgIpc) is 2.14. The Kier molecular flexibility index (Phi) is 3.79. The van der Waals surface area contributed by atoms with E-state index >= 15 is 0 Å². The van der Waals surface area contributed by atoms with Crippen LogP contribution in [0.25, 0.3) is 0 Å².